The molecule has 0 aliphatic carbocycles. The second kappa shape index (κ2) is 18.0. The van der Waals surface area contributed by atoms with Crippen LogP contribution in [0.3, 0.4) is 0 Å². The molecule has 0 aliphatic rings. The van der Waals surface area contributed by atoms with Crippen LogP contribution in [0.4, 0.5) is 0 Å². The fraction of sp³-hybridized carbons (Fsp3) is 0.364. The van der Waals surface area contributed by atoms with Gasteiger partial charge in [0.15, 0.2) is 0 Å². The molecule has 8 nitrogen and oxygen atoms in total. The standard InChI is InChI=1S/C44H54N6O2/c1-33(2)45-27-10-13-31-51-37-23-19-35(20-24-37)43-46-39-15-6-8-17-41(39)49(43)29-11-12-30-50-42-18-9-7-16-40(42)47-44(50)36-21-25-38(26-22-36)52-32-14-28-48(5)34(3)4/h6-9,11-12,15-26,33-34,45H,10,13-14,27-32H2,1-5H3. The third kappa shape index (κ3) is 9.49. The maximum atomic E-state index is 6.06. The SMILES string of the molecule is CC(C)NCCCCOc1ccc(-c2nc3ccccc3n2CC=CCn2c(-c3ccc(OCCCN(C)C(C)C)cc3)nc3ccccc32)cc1. The summed E-state index contributed by atoms with van der Waals surface area (Å²) in [6.45, 7) is 13.6. The monoisotopic (exact) mass is 698 g/mol. The Morgan fingerprint density at radius 2 is 1.12 bits per heavy atom. The molecule has 1 N–H and O–H groups in total. The van der Waals surface area contributed by atoms with Gasteiger partial charge in [0, 0.05) is 42.8 Å². The van der Waals surface area contributed by atoms with Gasteiger partial charge in [-0.25, -0.2) is 9.97 Å². The summed E-state index contributed by atoms with van der Waals surface area (Å²) in [5.74, 6) is 3.66. The van der Waals surface area contributed by atoms with Crippen LogP contribution < -0.4 is 14.8 Å². The summed E-state index contributed by atoms with van der Waals surface area (Å²) in [6, 6.07) is 34.4. The van der Waals surface area contributed by atoms with Crippen molar-refractivity contribution >= 4 is 22.1 Å². The summed E-state index contributed by atoms with van der Waals surface area (Å²) in [5, 5.41) is 3.46. The fourth-order valence-electron chi connectivity index (χ4n) is 6.29. The molecule has 6 aromatic rings. The van der Waals surface area contributed by atoms with Crippen molar-refractivity contribution in [1.82, 2.24) is 29.3 Å². The van der Waals surface area contributed by atoms with E-state index < -0.39 is 0 Å². The quantitative estimate of drug-likeness (QED) is 0.0672. The highest BCUT2D eigenvalue weighted by Gasteiger charge is 2.14. The predicted octanol–water partition coefficient (Wildman–Crippen LogP) is 9.24. The van der Waals surface area contributed by atoms with E-state index in [1.807, 2.05) is 12.1 Å². The first-order chi connectivity index (χ1) is 25.4. The lowest BCUT2D eigenvalue weighted by Gasteiger charge is -2.20. The van der Waals surface area contributed by atoms with Gasteiger partial charge in [-0.2, -0.15) is 0 Å². The number of unbranched alkanes of at least 4 members (excludes halogenated alkanes) is 1. The van der Waals surface area contributed by atoms with E-state index in [9.17, 15) is 0 Å². The number of allylic oxidation sites excluding steroid dienone is 2. The van der Waals surface area contributed by atoms with Crippen LogP contribution in [0.1, 0.15) is 47.0 Å². The number of ether oxygens (including phenoxy) is 2. The van der Waals surface area contributed by atoms with Crippen LogP contribution in [0, 0.1) is 0 Å². The van der Waals surface area contributed by atoms with Gasteiger partial charge in [0.1, 0.15) is 23.1 Å². The van der Waals surface area contributed by atoms with E-state index in [0.717, 1.165) is 88.7 Å². The molecule has 2 heterocycles. The number of nitrogens with one attached hydrogen (secondary N) is 1. The first-order valence-electron chi connectivity index (χ1n) is 18.8. The Bertz CT molecular complexity index is 2020. The predicted molar refractivity (Wildman–Crippen MR) is 215 cm³/mol. The molecule has 0 bridgehead atoms. The van der Waals surface area contributed by atoms with Gasteiger partial charge >= 0.3 is 0 Å². The number of imidazole rings is 2. The molecule has 0 atom stereocenters. The summed E-state index contributed by atoms with van der Waals surface area (Å²) in [4.78, 5) is 12.4. The van der Waals surface area contributed by atoms with E-state index in [1.165, 1.54) is 0 Å². The molecular formula is C44H54N6O2. The van der Waals surface area contributed by atoms with Crippen molar-refractivity contribution in [2.24, 2.45) is 0 Å². The lowest BCUT2D eigenvalue weighted by atomic mass is 10.2. The van der Waals surface area contributed by atoms with Crippen LogP contribution in [-0.2, 0) is 13.1 Å². The smallest absolute Gasteiger partial charge is 0.141 e. The van der Waals surface area contributed by atoms with Gasteiger partial charge in [0.25, 0.3) is 0 Å². The lowest BCUT2D eigenvalue weighted by Crippen LogP contribution is -2.28. The largest absolute Gasteiger partial charge is 0.494 e. The molecule has 0 aliphatic heterocycles. The zero-order valence-corrected chi connectivity index (χ0v) is 31.5. The van der Waals surface area contributed by atoms with Crippen molar-refractivity contribution in [1.29, 1.82) is 0 Å². The molecule has 0 spiro atoms. The van der Waals surface area contributed by atoms with Gasteiger partial charge in [-0.1, -0.05) is 50.3 Å². The Hall–Kier alpha value is -4.92. The number of aromatic nitrogens is 4. The second-order valence-electron chi connectivity index (χ2n) is 14.0. The van der Waals surface area contributed by atoms with Gasteiger partial charge < -0.3 is 28.8 Å². The number of hydrogen-bond acceptors (Lipinski definition) is 6. The van der Waals surface area contributed by atoms with Gasteiger partial charge in [-0.15, -0.1) is 0 Å². The van der Waals surface area contributed by atoms with E-state index in [1.54, 1.807) is 0 Å². The molecule has 52 heavy (non-hydrogen) atoms. The van der Waals surface area contributed by atoms with E-state index in [4.69, 9.17) is 19.4 Å². The first kappa shape index (κ1) is 36.9. The Balaban J connectivity index is 1.13. The summed E-state index contributed by atoms with van der Waals surface area (Å²) >= 11 is 0. The highest BCUT2D eigenvalue weighted by atomic mass is 16.5. The minimum atomic E-state index is 0.519. The van der Waals surface area contributed by atoms with E-state index in [-0.39, 0.29) is 0 Å². The van der Waals surface area contributed by atoms with Crippen LogP contribution in [-0.4, -0.2) is 69.4 Å². The molecule has 6 rings (SSSR count). The van der Waals surface area contributed by atoms with Crippen LogP contribution in [0.2, 0.25) is 0 Å². The number of nitrogens with zero attached hydrogens (tertiary/aromatic N) is 5. The average molecular weight is 699 g/mol. The summed E-state index contributed by atoms with van der Waals surface area (Å²) in [5.41, 5.74) is 6.32. The summed E-state index contributed by atoms with van der Waals surface area (Å²) < 4.78 is 16.7. The Kier molecular flexibility index (Phi) is 12.8. The maximum Gasteiger partial charge on any atom is 0.141 e. The van der Waals surface area contributed by atoms with Crippen molar-refractivity contribution in [3.8, 4) is 34.3 Å². The highest BCUT2D eigenvalue weighted by molar-refractivity contribution is 5.82. The molecular weight excluding hydrogens is 645 g/mol. The lowest BCUT2D eigenvalue weighted by molar-refractivity contribution is 0.234. The molecule has 0 fully saturated rings. The molecule has 2 aromatic heterocycles. The molecule has 0 saturated carbocycles. The first-order valence-corrected chi connectivity index (χ1v) is 18.8. The van der Waals surface area contributed by atoms with Gasteiger partial charge in [-0.3, -0.25) is 0 Å². The van der Waals surface area contributed by atoms with Crippen LogP contribution in [0.25, 0.3) is 44.8 Å². The number of fused-ring (bicyclic) bond motifs is 2. The van der Waals surface area contributed by atoms with Crippen LogP contribution in [0.5, 0.6) is 11.5 Å². The van der Waals surface area contributed by atoms with Crippen molar-refractivity contribution in [3.63, 3.8) is 0 Å². The Morgan fingerprint density at radius 1 is 0.635 bits per heavy atom. The number of benzene rings is 4. The third-order valence-corrected chi connectivity index (χ3v) is 9.47. The number of para-hydroxylation sites is 4. The topological polar surface area (TPSA) is 69.4 Å². The summed E-state index contributed by atoms with van der Waals surface area (Å²) in [6.07, 6.45) is 7.59. The normalized spacial score (nSPS) is 12.0. The van der Waals surface area contributed by atoms with Crippen molar-refractivity contribution in [2.45, 2.75) is 72.1 Å². The molecule has 0 radical (unpaired) electrons. The molecule has 0 unspecified atom stereocenters. The fourth-order valence-corrected chi connectivity index (χ4v) is 6.29. The number of rotatable bonds is 19. The van der Waals surface area contributed by atoms with Crippen molar-refractivity contribution in [2.75, 3.05) is 33.4 Å². The second-order valence-corrected chi connectivity index (χ2v) is 14.0. The number of hydrogen-bond donors (Lipinski definition) is 1. The Labute approximate surface area is 309 Å². The van der Waals surface area contributed by atoms with Crippen LogP contribution >= 0.6 is 0 Å². The van der Waals surface area contributed by atoms with Gasteiger partial charge in [-0.05, 0) is 119 Å². The zero-order chi connectivity index (χ0) is 36.3. The van der Waals surface area contributed by atoms with Gasteiger partial charge in [0.05, 0.1) is 35.3 Å². The highest BCUT2D eigenvalue weighted by Crippen LogP contribution is 2.28. The van der Waals surface area contributed by atoms with E-state index in [0.29, 0.717) is 38.4 Å². The average Bonchev–Trinajstić information content (AvgIpc) is 3.72. The van der Waals surface area contributed by atoms with Crippen molar-refractivity contribution in [3.05, 3.63) is 109 Å². The molecule has 8 heteroatoms. The molecule has 272 valence electrons. The minimum absolute atomic E-state index is 0.519. The van der Waals surface area contributed by atoms with E-state index >= 15 is 0 Å². The molecule has 4 aromatic carbocycles. The molecule has 0 amide bonds. The molecule has 0 saturated heterocycles. The Morgan fingerprint density at radius 3 is 1.60 bits per heavy atom. The van der Waals surface area contributed by atoms with Crippen LogP contribution in [0.15, 0.2) is 109 Å². The summed E-state index contributed by atoms with van der Waals surface area (Å²) in [7, 11) is 2.16. The third-order valence-electron chi connectivity index (χ3n) is 9.47. The minimum Gasteiger partial charge on any atom is -0.494 e. The zero-order valence-electron chi connectivity index (χ0n) is 31.5. The van der Waals surface area contributed by atoms with Gasteiger partial charge in [0.2, 0.25) is 0 Å². The van der Waals surface area contributed by atoms with Crippen molar-refractivity contribution < 1.29 is 9.47 Å². The maximum absolute atomic E-state index is 6.06. The van der Waals surface area contributed by atoms with E-state index in [2.05, 4.69) is 151 Å².